The number of urea groups is 1. The molecule has 1 fully saturated rings. The summed E-state index contributed by atoms with van der Waals surface area (Å²) in [6, 6.07) is 9.23. The molecular weight excluding hydrogens is 318 g/mol. The van der Waals surface area contributed by atoms with E-state index in [0.717, 1.165) is 42.2 Å². The average Bonchev–Trinajstić information content (AvgIpc) is 2.56. The largest absolute Gasteiger partial charge is 0.457 e. The first-order chi connectivity index (χ1) is 12.1. The molecule has 0 saturated heterocycles. The number of nitrogens with one attached hydrogen (secondary N) is 2. The molecule has 6 heteroatoms. The first-order valence-corrected chi connectivity index (χ1v) is 8.39. The molecule has 25 heavy (non-hydrogen) atoms. The van der Waals surface area contributed by atoms with Gasteiger partial charge in [-0.25, -0.2) is 4.79 Å². The van der Waals surface area contributed by atoms with Crippen LogP contribution in [0.2, 0.25) is 0 Å². The van der Waals surface area contributed by atoms with Crippen LogP contribution in [0.25, 0.3) is 0 Å². The molecule has 0 spiro atoms. The maximum absolute atomic E-state index is 12.1. The van der Waals surface area contributed by atoms with Crippen molar-refractivity contribution < 1.29 is 14.3 Å². The maximum Gasteiger partial charge on any atom is 0.319 e. The Kier molecular flexibility index (Phi) is 5.50. The molecule has 0 aliphatic heterocycles. The quantitative estimate of drug-likeness (QED) is 0.840. The van der Waals surface area contributed by atoms with Crippen LogP contribution in [-0.2, 0) is 4.74 Å². The summed E-state index contributed by atoms with van der Waals surface area (Å²) in [6.45, 7) is 2.70. The van der Waals surface area contributed by atoms with E-state index in [1.165, 1.54) is 0 Å². The predicted octanol–water partition coefficient (Wildman–Crippen LogP) is 3.73. The minimum absolute atomic E-state index is 0.174. The standard InChI is InChI=1S/C19H23N3O3/c1-13-9-17(25-16-5-7-20-8-6-16)3-4-18(13)22-19(23)21-15-10-14(11-15)12-24-2/h3-9,14-15H,10-12H2,1-2H3,(H2,21,22,23). The lowest BCUT2D eigenvalue weighted by Gasteiger charge is -2.35. The van der Waals surface area contributed by atoms with Crippen LogP contribution in [0.15, 0.2) is 42.7 Å². The van der Waals surface area contributed by atoms with Crippen molar-refractivity contribution in [2.75, 3.05) is 19.0 Å². The molecule has 132 valence electrons. The summed E-state index contributed by atoms with van der Waals surface area (Å²) >= 11 is 0. The Morgan fingerprint density at radius 1 is 1.20 bits per heavy atom. The van der Waals surface area contributed by atoms with E-state index in [2.05, 4.69) is 15.6 Å². The van der Waals surface area contributed by atoms with Crippen molar-refractivity contribution in [2.24, 2.45) is 5.92 Å². The zero-order valence-corrected chi connectivity index (χ0v) is 14.5. The number of rotatable bonds is 6. The molecule has 2 aromatic rings. The van der Waals surface area contributed by atoms with Crippen LogP contribution >= 0.6 is 0 Å². The van der Waals surface area contributed by atoms with E-state index in [1.807, 2.05) is 25.1 Å². The molecular formula is C19H23N3O3. The summed E-state index contributed by atoms with van der Waals surface area (Å²) in [5, 5.41) is 5.89. The molecule has 1 aromatic heterocycles. The first-order valence-electron chi connectivity index (χ1n) is 8.39. The van der Waals surface area contributed by atoms with Crippen molar-refractivity contribution in [1.82, 2.24) is 10.3 Å². The van der Waals surface area contributed by atoms with E-state index < -0.39 is 0 Å². The zero-order chi connectivity index (χ0) is 17.6. The average molecular weight is 341 g/mol. The fourth-order valence-corrected chi connectivity index (χ4v) is 2.95. The van der Waals surface area contributed by atoms with Gasteiger partial charge in [-0.3, -0.25) is 4.98 Å². The number of amides is 2. The number of nitrogens with zero attached hydrogens (tertiary/aromatic N) is 1. The Hall–Kier alpha value is -2.60. The van der Waals surface area contributed by atoms with Gasteiger partial charge in [0.25, 0.3) is 0 Å². The number of benzene rings is 1. The zero-order valence-electron chi connectivity index (χ0n) is 14.5. The normalized spacial score (nSPS) is 19.0. The molecule has 1 heterocycles. The van der Waals surface area contributed by atoms with Crippen LogP contribution in [0.1, 0.15) is 18.4 Å². The van der Waals surface area contributed by atoms with Crippen LogP contribution in [0.3, 0.4) is 0 Å². The lowest BCUT2D eigenvalue weighted by Crippen LogP contribution is -2.47. The van der Waals surface area contributed by atoms with Crippen LogP contribution in [0.5, 0.6) is 11.5 Å². The van der Waals surface area contributed by atoms with Crippen molar-refractivity contribution in [1.29, 1.82) is 0 Å². The second-order valence-corrected chi connectivity index (χ2v) is 6.35. The third-order valence-electron chi connectivity index (χ3n) is 4.30. The molecule has 3 rings (SSSR count). The number of carbonyl (C=O) groups is 1. The van der Waals surface area contributed by atoms with Crippen LogP contribution in [0.4, 0.5) is 10.5 Å². The Balaban J connectivity index is 1.52. The summed E-state index contributed by atoms with van der Waals surface area (Å²) in [5.74, 6) is 2.00. The molecule has 2 N–H and O–H groups in total. The van der Waals surface area contributed by atoms with Gasteiger partial charge >= 0.3 is 6.03 Å². The van der Waals surface area contributed by atoms with Crippen LogP contribution in [-0.4, -0.2) is 30.8 Å². The van der Waals surface area contributed by atoms with Gasteiger partial charge in [0.05, 0.1) is 0 Å². The van der Waals surface area contributed by atoms with E-state index in [1.54, 1.807) is 31.6 Å². The molecule has 1 aliphatic carbocycles. The van der Waals surface area contributed by atoms with Crippen LogP contribution < -0.4 is 15.4 Å². The van der Waals surface area contributed by atoms with E-state index in [9.17, 15) is 4.79 Å². The highest BCUT2D eigenvalue weighted by atomic mass is 16.5. The van der Waals surface area contributed by atoms with Crippen LogP contribution in [0, 0.1) is 12.8 Å². The molecule has 0 unspecified atom stereocenters. The lowest BCUT2D eigenvalue weighted by molar-refractivity contribution is 0.0916. The second-order valence-electron chi connectivity index (χ2n) is 6.35. The van der Waals surface area contributed by atoms with E-state index >= 15 is 0 Å². The van der Waals surface area contributed by atoms with Gasteiger partial charge in [-0.05, 0) is 61.6 Å². The Morgan fingerprint density at radius 3 is 2.64 bits per heavy atom. The minimum atomic E-state index is -0.174. The topological polar surface area (TPSA) is 72.5 Å². The van der Waals surface area contributed by atoms with Gasteiger partial charge in [-0.1, -0.05) is 0 Å². The molecule has 1 saturated carbocycles. The van der Waals surface area contributed by atoms with E-state index in [0.29, 0.717) is 5.92 Å². The summed E-state index contributed by atoms with van der Waals surface area (Å²) < 4.78 is 10.9. The highest BCUT2D eigenvalue weighted by molar-refractivity contribution is 5.90. The molecule has 0 atom stereocenters. The Labute approximate surface area is 147 Å². The summed E-state index contributed by atoms with van der Waals surface area (Å²) in [5.41, 5.74) is 1.71. The van der Waals surface area contributed by atoms with Gasteiger partial charge in [0.1, 0.15) is 11.5 Å². The first kappa shape index (κ1) is 17.2. The molecule has 1 aliphatic rings. The van der Waals surface area contributed by atoms with Crippen molar-refractivity contribution >= 4 is 11.7 Å². The van der Waals surface area contributed by atoms with Gasteiger partial charge in [0, 0.05) is 37.8 Å². The molecule has 0 bridgehead atoms. The minimum Gasteiger partial charge on any atom is -0.457 e. The number of hydrogen-bond donors (Lipinski definition) is 2. The van der Waals surface area contributed by atoms with Crippen molar-refractivity contribution in [3.8, 4) is 11.5 Å². The monoisotopic (exact) mass is 341 g/mol. The number of hydrogen-bond acceptors (Lipinski definition) is 4. The third kappa shape index (κ3) is 4.70. The van der Waals surface area contributed by atoms with Crippen molar-refractivity contribution in [3.63, 3.8) is 0 Å². The third-order valence-corrected chi connectivity index (χ3v) is 4.30. The molecule has 2 amide bonds. The maximum atomic E-state index is 12.1. The van der Waals surface area contributed by atoms with Crippen molar-refractivity contribution in [2.45, 2.75) is 25.8 Å². The molecule has 1 aromatic carbocycles. The Morgan fingerprint density at radius 2 is 1.96 bits per heavy atom. The number of ether oxygens (including phenoxy) is 2. The number of pyridine rings is 1. The number of carbonyl (C=O) groups excluding carboxylic acids is 1. The van der Waals surface area contributed by atoms with Gasteiger partial charge in [-0.15, -0.1) is 0 Å². The highest BCUT2D eigenvalue weighted by Crippen LogP contribution is 2.28. The number of aryl methyl sites for hydroxylation is 1. The van der Waals surface area contributed by atoms with E-state index in [-0.39, 0.29) is 12.1 Å². The highest BCUT2D eigenvalue weighted by Gasteiger charge is 2.30. The predicted molar refractivity (Wildman–Crippen MR) is 96.0 cm³/mol. The van der Waals surface area contributed by atoms with Crippen molar-refractivity contribution in [3.05, 3.63) is 48.3 Å². The second kappa shape index (κ2) is 7.98. The smallest absolute Gasteiger partial charge is 0.319 e. The SMILES string of the molecule is COCC1CC(NC(=O)Nc2ccc(Oc3ccncc3)cc2C)C1. The fourth-order valence-electron chi connectivity index (χ4n) is 2.95. The Bertz CT molecular complexity index is 715. The van der Waals surface area contributed by atoms with Gasteiger partial charge in [0.2, 0.25) is 0 Å². The van der Waals surface area contributed by atoms with Gasteiger partial charge in [-0.2, -0.15) is 0 Å². The van der Waals surface area contributed by atoms with Gasteiger partial charge < -0.3 is 20.1 Å². The summed E-state index contributed by atoms with van der Waals surface area (Å²) in [6.07, 6.45) is 5.30. The fraction of sp³-hybridized carbons (Fsp3) is 0.368. The summed E-state index contributed by atoms with van der Waals surface area (Å²) in [7, 11) is 1.71. The lowest BCUT2D eigenvalue weighted by atomic mass is 9.81. The molecule has 0 radical (unpaired) electrons. The number of anilines is 1. The number of aromatic nitrogens is 1. The number of methoxy groups -OCH3 is 1. The van der Waals surface area contributed by atoms with E-state index in [4.69, 9.17) is 9.47 Å². The van der Waals surface area contributed by atoms with Gasteiger partial charge in [0.15, 0.2) is 0 Å². The summed E-state index contributed by atoms with van der Waals surface area (Å²) in [4.78, 5) is 16.1. The molecule has 6 nitrogen and oxygen atoms in total.